The molecule has 176 valence electrons. The molecule has 3 heterocycles. The molecule has 1 fully saturated rings. The van der Waals surface area contributed by atoms with Gasteiger partial charge < -0.3 is 9.64 Å². The lowest BCUT2D eigenvalue weighted by Crippen LogP contribution is -2.24. The van der Waals surface area contributed by atoms with Gasteiger partial charge in [-0.15, -0.1) is 0 Å². The van der Waals surface area contributed by atoms with Gasteiger partial charge in [0.25, 0.3) is 0 Å². The largest absolute Gasteiger partial charge is 0.457 e. The van der Waals surface area contributed by atoms with Crippen molar-refractivity contribution in [2.45, 2.75) is 13.0 Å². The van der Waals surface area contributed by atoms with E-state index >= 15 is 0 Å². The van der Waals surface area contributed by atoms with Crippen LogP contribution in [-0.2, 0) is 6.54 Å². The Bertz CT molecular complexity index is 1440. The van der Waals surface area contributed by atoms with E-state index in [1.54, 1.807) is 36.5 Å². The second kappa shape index (κ2) is 9.38. The SMILES string of the molecule is N#C[C@H]1CCN(c2cc(Oc3ccc(-n4ncn(Cc5c(F)cccc5F)c4=O)cc3)ccn2)C1. The van der Waals surface area contributed by atoms with Crippen LogP contribution in [0.5, 0.6) is 11.5 Å². The molecule has 35 heavy (non-hydrogen) atoms. The van der Waals surface area contributed by atoms with Crippen molar-refractivity contribution in [1.82, 2.24) is 19.3 Å². The van der Waals surface area contributed by atoms with Gasteiger partial charge in [-0.3, -0.25) is 4.57 Å². The second-order valence-corrected chi connectivity index (χ2v) is 8.16. The Kier molecular flexibility index (Phi) is 5.97. The monoisotopic (exact) mass is 474 g/mol. The van der Waals surface area contributed by atoms with Gasteiger partial charge in [-0.05, 0) is 48.9 Å². The van der Waals surface area contributed by atoms with Crippen molar-refractivity contribution in [2.75, 3.05) is 18.0 Å². The van der Waals surface area contributed by atoms with E-state index in [4.69, 9.17) is 10.00 Å². The van der Waals surface area contributed by atoms with E-state index in [1.807, 2.05) is 6.07 Å². The van der Waals surface area contributed by atoms with Gasteiger partial charge in [-0.25, -0.2) is 18.6 Å². The molecular formula is C25H20F2N6O2. The Morgan fingerprint density at radius 3 is 2.57 bits per heavy atom. The first-order valence-electron chi connectivity index (χ1n) is 11.0. The van der Waals surface area contributed by atoms with E-state index in [0.717, 1.165) is 40.2 Å². The van der Waals surface area contributed by atoms with Crippen molar-refractivity contribution in [1.29, 1.82) is 5.26 Å². The molecular weight excluding hydrogens is 454 g/mol. The molecule has 4 aromatic rings. The Labute approximate surface area is 199 Å². The lowest BCUT2D eigenvalue weighted by atomic mass is 10.1. The minimum atomic E-state index is -0.722. The molecule has 10 heteroatoms. The highest BCUT2D eigenvalue weighted by molar-refractivity contribution is 5.47. The molecule has 2 aromatic carbocycles. The van der Waals surface area contributed by atoms with E-state index < -0.39 is 17.3 Å². The van der Waals surface area contributed by atoms with Crippen LogP contribution in [0.1, 0.15) is 12.0 Å². The van der Waals surface area contributed by atoms with Gasteiger partial charge in [0, 0.05) is 30.9 Å². The number of pyridine rings is 1. The summed E-state index contributed by atoms with van der Waals surface area (Å²) in [5.74, 6) is 0.450. The molecule has 0 spiro atoms. The van der Waals surface area contributed by atoms with Crippen LogP contribution < -0.4 is 15.3 Å². The number of aromatic nitrogens is 4. The van der Waals surface area contributed by atoms with E-state index in [2.05, 4.69) is 21.1 Å². The van der Waals surface area contributed by atoms with Crippen molar-refractivity contribution in [3.8, 4) is 23.3 Å². The van der Waals surface area contributed by atoms with Crippen molar-refractivity contribution < 1.29 is 13.5 Å². The van der Waals surface area contributed by atoms with Gasteiger partial charge in [-0.1, -0.05) is 6.07 Å². The number of halogens is 2. The van der Waals surface area contributed by atoms with Gasteiger partial charge in [-0.2, -0.15) is 15.0 Å². The third-order valence-corrected chi connectivity index (χ3v) is 5.85. The summed E-state index contributed by atoms with van der Waals surface area (Å²) in [7, 11) is 0. The van der Waals surface area contributed by atoms with E-state index in [0.29, 0.717) is 23.7 Å². The zero-order chi connectivity index (χ0) is 24.4. The van der Waals surface area contributed by atoms with Gasteiger partial charge in [0.1, 0.15) is 35.3 Å². The Morgan fingerprint density at radius 2 is 1.86 bits per heavy atom. The lowest BCUT2D eigenvalue weighted by Gasteiger charge is -2.17. The number of nitrogens with zero attached hydrogens (tertiary/aromatic N) is 6. The molecule has 8 nitrogen and oxygen atoms in total. The average Bonchev–Trinajstić information content (AvgIpc) is 3.49. The molecule has 5 rings (SSSR count). The fraction of sp³-hybridized carbons (Fsp3) is 0.200. The second-order valence-electron chi connectivity index (χ2n) is 8.16. The summed E-state index contributed by atoms with van der Waals surface area (Å²) in [4.78, 5) is 19.2. The molecule has 2 aromatic heterocycles. The van der Waals surface area contributed by atoms with Gasteiger partial charge in [0.15, 0.2) is 0 Å². The number of benzene rings is 2. The summed E-state index contributed by atoms with van der Waals surface area (Å²) < 4.78 is 36.1. The number of hydrogen-bond acceptors (Lipinski definition) is 6. The highest BCUT2D eigenvalue weighted by Crippen LogP contribution is 2.28. The standard InChI is InChI=1S/C25H20F2N6O2/c26-22-2-1-3-23(27)21(22)15-32-16-30-33(25(32)34)18-4-6-19(7-5-18)35-20-8-10-29-24(12-20)31-11-9-17(13-28)14-31/h1-8,10,12,16-17H,9,11,14-15H2/t17-/m1/s1. The zero-order valence-corrected chi connectivity index (χ0v) is 18.5. The molecule has 0 aliphatic carbocycles. The summed E-state index contributed by atoms with van der Waals surface area (Å²) in [5, 5.41) is 13.2. The fourth-order valence-corrected chi connectivity index (χ4v) is 3.98. The molecule has 0 amide bonds. The quantitative estimate of drug-likeness (QED) is 0.421. The van der Waals surface area contributed by atoms with Crippen LogP contribution in [0, 0.1) is 28.9 Å². The number of rotatable bonds is 6. The number of anilines is 1. The maximum Gasteiger partial charge on any atom is 0.350 e. The van der Waals surface area contributed by atoms with Gasteiger partial charge >= 0.3 is 5.69 Å². The topological polar surface area (TPSA) is 89.0 Å². The van der Waals surface area contributed by atoms with Crippen molar-refractivity contribution in [2.24, 2.45) is 5.92 Å². The van der Waals surface area contributed by atoms with Crippen LogP contribution in [0.15, 0.2) is 71.9 Å². The molecule has 0 saturated carbocycles. The summed E-state index contributed by atoms with van der Waals surface area (Å²) >= 11 is 0. The van der Waals surface area contributed by atoms with Gasteiger partial charge in [0.05, 0.1) is 24.2 Å². The van der Waals surface area contributed by atoms with Crippen molar-refractivity contribution in [3.05, 3.63) is 94.8 Å². The molecule has 0 N–H and O–H groups in total. The first-order valence-corrected chi connectivity index (χ1v) is 11.0. The molecule has 0 bridgehead atoms. The Morgan fingerprint density at radius 1 is 1.09 bits per heavy atom. The van der Waals surface area contributed by atoms with Gasteiger partial charge in [0.2, 0.25) is 0 Å². The molecule has 1 atom stereocenters. The van der Waals surface area contributed by atoms with Crippen LogP contribution in [0.2, 0.25) is 0 Å². The Hall–Kier alpha value is -4.52. The number of hydrogen-bond donors (Lipinski definition) is 0. The van der Waals surface area contributed by atoms with E-state index in [9.17, 15) is 13.6 Å². The first kappa shape index (κ1) is 22.3. The summed E-state index contributed by atoms with van der Waals surface area (Å²) in [6, 6.07) is 16.1. The minimum Gasteiger partial charge on any atom is -0.457 e. The number of ether oxygens (including phenoxy) is 1. The molecule has 0 radical (unpaired) electrons. The van der Waals surface area contributed by atoms with Crippen LogP contribution in [0.4, 0.5) is 14.6 Å². The number of nitriles is 1. The summed E-state index contributed by atoms with van der Waals surface area (Å²) in [6.07, 6.45) is 3.71. The van der Waals surface area contributed by atoms with Crippen molar-refractivity contribution in [3.63, 3.8) is 0 Å². The van der Waals surface area contributed by atoms with E-state index in [-0.39, 0.29) is 18.0 Å². The third-order valence-electron chi connectivity index (χ3n) is 5.85. The third kappa shape index (κ3) is 4.61. The average molecular weight is 474 g/mol. The zero-order valence-electron chi connectivity index (χ0n) is 18.5. The summed E-state index contributed by atoms with van der Waals surface area (Å²) in [6.45, 7) is 1.15. The maximum absolute atomic E-state index is 14.0. The van der Waals surface area contributed by atoms with Crippen LogP contribution in [-0.4, -0.2) is 32.4 Å². The molecule has 1 saturated heterocycles. The smallest absolute Gasteiger partial charge is 0.350 e. The predicted octanol–water partition coefficient (Wildman–Crippen LogP) is 3.90. The Balaban J connectivity index is 1.30. The highest BCUT2D eigenvalue weighted by Gasteiger charge is 2.23. The molecule has 1 aliphatic rings. The molecule has 1 aliphatic heterocycles. The van der Waals surface area contributed by atoms with Crippen LogP contribution >= 0.6 is 0 Å². The van der Waals surface area contributed by atoms with Crippen molar-refractivity contribution >= 4 is 5.82 Å². The van der Waals surface area contributed by atoms with Crippen LogP contribution in [0.25, 0.3) is 5.69 Å². The molecule has 0 unspecified atom stereocenters. The van der Waals surface area contributed by atoms with E-state index in [1.165, 1.54) is 12.4 Å². The normalized spacial score (nSPS) is 15.2. The first-order chi connectivity index (χ1) is 17.0. The lowest BCUT2D eigenvalue weighted by molar-refractivity contribution is 0.481. The fourth-order valence-electron chi connectivity index (χ4n) is 3.98. The minimum absolute atomic E-state index is 0.00606. The maximum atomic E-state index is 14.0. The highest BCUT2D eigenvalue weighted by atomic mass is 19.1. The summed E-state index contributed by atoms with van der Waals surface area (Å²) in [5.41, 5.74) is -0.252. The van der Waals surface area contributed by atoms with Crippen LogP contribution in [0.3, 0.4) is 0 Å². The predicted molar refractivity (Wildman–Crippen MR) is 124 cm³/mol.